The summed E-state index contributed by atoms with van der Waals surface area (Å²) in [7, 11) is 1.97. The Hall–Kier alpha value is -0.570. The van der Waals surface area contributed by atoms with Crippen molar-refractivity contribution >= 4 is 5.91 Å². The molecule has 3 nitrogen and oxygen atoms in total. The van der Waals surface area contributed by atoms with Gasteiger partial charge in [-0.2, -0.15) is 0 Å². The van der Waals surface area contributed by atoms with Crippen LogP contribution in [0.5, 0.6) is 0 Å². The Kier molecular flexibility index (Phi) is 5.84. The quantitative estimate of drug-likeness (QED) is 0.852. The lowest BCUT2D eigenvalue weighted by Crippen LogP contribution is -2.45. The third kappa shape index (κ3) is 5.13. The highest BCUT2D eigenvalue weighted by atomic mass is 16.2. The fourth-order valence-electron chi connectivity index (χ4n) is 3.23. The molecule has 1 aliphatic carbocycles. The Morgan fingerprint density at radius 3 is 2.47 bits per heavy atom. The first-order chi connectivity index (χ1) is 8.74. The zero-order valence-electron chi connectivity index (χ0n) is 13.4. The fraction of sp³-hybridized carbons (Fsp3) is 0.938. The van der Waals surface area contributed by atoms with E-state index in [-0.39, 0.29) is 17.2 Å². The number of nitrogens with zero attached hydrogens (tertiary/aromatic N) is 1. The van der Waals surface area contributed by atoms with E-state index in [9.17, 15) is 4.79 Å². The first-order valence-electron chi connectivity index (χ1n) is 7.71. The van der Waals surface area contributed by atoms with Crippen LogP contribution in [-0.4, -0.2) is 30.4 Å². The van der Waals surface area contributed by atoms with Gasteiger partial charge in [-0.05, 0) is 30.6 Å². The second-order valence-corrected chi connectivity index (χ2v) is 7.57. The molecule has 2 N–H and O–H groups in total. The van der Waals surface area contributed by atoms with Crippen LogP contribution >= 0.6 is 0 Å². The number of amides is 1. The van der Waals surface area contributed by atoms with Crippen molar-refractivity contribution in [3.63, 3.8) is 0 Å². The van der Waals surface area contributed by atoms with Gasteiger partial charge in [-0.1, -0.05) is 40.5 Å². The number of carbonyl (C=O) groups excluding carboxylic acids is 1. The van der Waals surface area contributed by atoms with Gasteiger partial charge in [0.05, 0.1) is 5.92 Å². The summed E-state index contributed by atoms with van der Waals surface area (Å²) in [5, 5.41) is 0. The summed E-state index contributed by atoms with van der Waals surface area (Å²) >= 11 is 0. The summed E-state index contributed by atoms with van der Waals surface area (Å²) in [6.45, 7) is 9.27. The largest absolute Gasteiger partial charge is 0.342 e. The molecule has 1 fully saturated rings. The van der Waals surface area contributed by atoms with Crippen molar-refractivity contribution in [1.29, 1.82) is 0 Å². The number of hydrogen-bond donors (Lipinski definition) is 1. The van der Waals surface area contributed by atoms with Gasteiger partial charge in [-0.15, -0.1) is 0 Å². The predicted molar refractivity (Wildman–Crippen MR) is 80.8 cm³/mol. The van der Waals surface area contributed by atoms with Crippen molar-refractivity contribution in [2.45, 2.75) is 65.8 Å². The lowest BCUT2D eigenvalue weighted by molar-refractivity contribution is -0.137. The minimum absolute atomic E-state index is 0.0257. The minimum atomic E-state index is -0.0257. The first kappa shape index (κ1) is 16.5. The summed E-state index contributed by atoms with van der Waals surface area (Å²) in [6, 6.07) is 0.422. The topological polar surface area (TPSA) is 46.3 Å². The van der Waals surface area contributed by atoms with Crippen LogP contribution in [0.25, 0.3) is 0 Å². The Labute approximate surface area is 118 Å². The van der Waals surface area contributed by atoms with E-state index >= 15 is 0 Å². The average Bonchev–Trinajstić information content (AvgIpc) is 2.33. The van der Waals surface area contributed by atoms with E-state index in [1.165, 1.54) is 12.8 Å². The molecule has 0 radical (unpaired) electrons. The van der Waals surface area contributed by atoms with Crippen molar-refractivity contribution in [2.75, 3.05) is 13.6 Å². The Morgan fingerprint density at radius 1 is 1.37 bits per heavy atom. The van der Waals surface area contributed by atoms with E-state index < -0.39 is 0 Å². The van der Waals surface area contributed by atoms with Crippen LogP contribution in [0.3, 0.4) is 0 Å². The van der Waals surface area contributed by atoms with Crippen molar-refractivity contribution < 1.29 is 4.79 Å². The number of hydrogen-bond acceptors (Lipinski definition) is 2. The van der Waals surface area contributed by atoms with Gasteiger partial charge >= 0.3 is 0 Å². The van der Waals surface area contributed by atoms with E-state index in [4.69, 9.17) is 5.73 Å². The molecule has 3 atom stereocenters. The highest BCUT2D eigenvalue weighted by Gasteiger charge is 2.31. The monoisotopic (exact) mass is 268 g/mol. The normalized spacial score (nSPS) is 26.0. The predicted octanol–water partition coefficient (Wildman–Crippen LogP) is 3.03. The highest BCUT2D eigenvalue weighted by molar-refractivity contribution is 5.79. The second kappa shape index (κ2) is 6.74. The van der Waals surface area contributed by atoms with Crippen LogP contribution in [-0.2, 0) is 4.79 Å². The summed E-state index contributed by atoms with van der Waals surface area (Å²) in [5.41, 5.74) is 5.98. The van der Waals surface area contributed by atoms with Crippen molar-refractivity contribution in [1.82, 2.24) is 4.90 Å². The van der Waals surface area contributed by atoms with Crippen LogP contribution in [0, 0.1) is 17.3 Å². The van der Waals surface area contributed by atoms with Crippen LogP contribution in [0.15, 0.2) is 0 Å². The molecule has 0 aromatic carbocycles. The van der Waals surface area contributed by atoms with Crippen molar-refractivity contribution in [2.24, 2.45) is 23.0 Å². The molecule has 0 aromatic rings. The molecule has 112 valence electrons. The van der Waals surface area contributed by atoms with Gasteiger partial charge in [-0.25, -0.2) is 0 Å². The molecule has 1 rings (SSSR count). The molecule has 3 heteroatoms. The van der Waals surface area contributed by atoms with Gasteiger partial charge in [0.1, 0.15) is 0 Å². The molecule has 0 saturated heterocycles. The molecular weight excluding hydrogens is 236 g/mol. The first-order valence-corrected chi connectivity index (χ1v) is 7.71. The molecular formula is C16H32N2O. The van der Waals surface area contributed by atoms with Crippen LogP contribution in [0.4, 0.5) is 0 Å². The lowest BCUT2D eigenvalue weighted by atomic mass is 9.82. The average molecular weight is 268 g/mol. The third-order valence-electron chi connectivity index (χ3n) is 4.30. The Morgan fingerprint density at radius 2 is 2.00 bits per heavy atom. The zero-order valence-corrected chi connectivity index (χ0v) is 13.4. The summed E-state index contributed by atoms with van der Waals surface area (Å²) < 4.78 is 0. The Balaban J connectivity index is 2.63. The van der Waals surface area contributed by atoms with Gasteiger partial charge in [0.25, 0.3) is 0 Å². The molecule has 0 aromatic heterocycles. The van der Waals surface area contributed by atoms with E-state index in [1.807, 2.05) is 11.9 Å². The number of carbonyl (C=O) groups is 1. The zero-order chi connectivity index (χ0) is 14.6. The maximum atomic E-state index is 12.6. The summed E-state index contributed by atoms with van der Waals surface area (Å²) in [6.07, 6.45) is 5.72. The number of rotatable bonds is 4. The van der Waals surface area contributed by atoms with E-state index in [2.05, 4.69) is 27.7 Å². The molecule has 0 bridgehead atoms. The van der Waals surface area contributed by atoms with Gasteiger partial charge < -0.3 is 10.6 Å². The van der Waals surface area contributed by atoms with Crippen molar-refractivity contribution in [3.8, 4) is 0 Å². The minimum Gasteiger partial charge on any atom is -0.342 e. The fourth-order valence-corrected chi connectivity index (χ4v) is 3.23. The SMILES string of the molecule is CC1CCCC(N(C)C(=O)C(CN)CC(C)(C)C)C1. The molecule has 0 heterocycles. The second-order valence-electron chi connectivity index (χ2n) is 7.57. The van der Waals surface area contributed by atoms with E-state index in [1.54, 1.807) is 0 Å². The van der Waals surface area contributed by atoms with Gasteiger partial charge in [-0.3, -0.25) is 4.79 Å². The van der Waals surface area contributed by atoms with Gasteiger partial charge in [0, 0.05) is 19.6 Å². The maximum Gasteiger partial charge on any atom is 0.226 e. The molecule has 3 unspecified atom stereocenters. The molecule has 0 spiro atoms. The number of nitrogens with two attached hydrogens (primary N) is 1. The maximum absolute atomic E-state index is 12.6. The van der Waals surface area contributed by atoms with E-state index in [0.717, 1.165) is 25.2 Å². The van der Waals surface area contributed by atoms with Crippen molar-refractivity contribution in [3.05, 3.63) is 0 Å². The van der Waals surface area contributed by atoms with Gasteiger partial charge in [0.15, 0.2) is 0 Å². The highest BCUT2D eigenvalue weighted by Crippen LogP contribution is 2.29. The lowest BCUT2D eigenvalue weighted by Gasteiger charge is -2.37. The summed E-state index contributed by atoms with van der Waals surface area (Å²) in [4.78, 5) is 14.6. The molecule has 1 saturated carbocycles. The van der Waals surface area contributed by atoms with Crippen LogP contribution < -0.4 is 5.73 Å². The molecule has 19 heavy (non-hydrogen) atoms. The molecule has 1 amide bonds. The van der Waals surface area contributed by atoms with E-state index in [0.29, 0.717) is 12.6 Å². The molecule has 0 aliphatic heterocycles. The van der Waals surface area contributed by atoms with Crippen LogP contribution in [0.2, 0.25) is 0 Å². The van der Waals surface area contributed by atoms with Crippen LogP contribution in [0.1, 0.15) is 59.8 Å². The van der Waals surface area contributed by atoms with Gasteiger partial charge in [0.2, 0.25) is 5.91 Å². The smallest absolute Gasteiger partial charge is 0.226 e. The Bertz CT molecular complexity index is 296. The molecule has 1 aliphatic rings. The standard InChI is InChI=1S/C16H32N2O/c1-12-7-6-8-14(9-12)18(5)15(19)13(11-17)10-16(2,3)4/h12-14H,6-11,17H2,1-5H3. The summed E-state index contributed by atoms with van der Waals surface area (Å²) in [5.74, 6) is 0.965. The third-order valence-corrected chi connectivity index (χ3v) is 4.30.